The highest BCUT2D eigenvalue weighted by Gasteiger charge is 2.35. The van der Waals surface area contributed by atoms with E-state index < -0.39 is 0 Å². The second kappa shape index (κ2) is 6.98. The molecule has 2 aromatic rings. The summed E-state index contributed by atoms with van der Waals surface area (Å²) < 4.78 is 0. The van der Waals surface area contributed by atoms with Gasteiger partial charge in [0.15, 0.2) is 0 Å². The van der Waals surface area contributed by atoms with Gasteiger partial charge in [-0.05, 0) is 56.5 Å². The van der Waals surface area contributed by atoms with Crippen molar-refractivity contribution < 1.29 is 0 Å². The van der Waals surface area contributed by atoms with E-state index in [9.17, 15) is 0 Å². The number of nitrogens with zero attached hydrogens (tertiary/aromatic N) is 4. The predicted molar refractivity (Wildman–Crippen MR) is 100 cm³/mol. The summed E-state index contributed by atoms with van der Waals surface area (Å²) in [7, 11) is 2.28. The molecule has 0 amide bonds. The molecule has 2 aliphatic rings. The van der Waals surface area contributed by atoms with Crippen molar-refractivity contribution in [2.45, 2.75) is 31.7 Å². The summed E-state index contributed by atoms with van der Waals surface area (Å²) in [5.74, 6) is 0.779. The molecule has 6 heteroatoms. The number of halogens is 1. The Labute approximate surface area is 152 Å². The smallest absolute Gasteiger partial charge is 0.208 e. The summed E-state index contributed by atoms with van der Waals surface area (Å²) in [6.45, 7) is 3.48. The maximum atomic E-state index is 5.95. The van der Waals surface area contributed by atoms with Gasteiger partial charge in [-0.3, -0.25) is 0 Å². The van der Waals surface area contributed by atoms with Crippen LogP contribution >= 0.6 is 22.9 Å². The van der Waals surface area contributed by atoms with Gasteiger partial charge in [0, 0.05) is 30.6 Å². The molecule has 3 heterocycles. The lowest BCUT2D eigenvalue weighted by atomic mass is 9.84. The van der Waals surface area contributed by atoms with Gasteiger partial charge in [-0.25, -0.2) is 0 Å². The third kappa shape index (κ3) is 3.44. The average molecular weight is 363 g/mol. The van der Waals surface area contributed by atoms with Crippen molar-refractivity contribution in [2.75, 3.05) is 31.6 Å². The maximum absolute atomic E-state index is 5.95. The molecule has 1 aromatic carbocycles. The number of likely N-dealkylation sites (tertiary alicyclic amines) is 1. The van der Waals surface area contributed by atoms with Crippen LogP contribution in [0.5, 0.6) is 0 Å². The molecular formula is C18H23ClN4S. The van der Waals surface area contributed by atoms with Gasteiger partial charge >= 0.3 is 0 Å². The molecule has 1 aromatic heterocycles. The van der Waals surface area contributed by atoms with Crippen LogP contribution in [-0.4, -0.2) is 47.8 Å². The van der Waals surface area contributed by atoms with Crippen LogP contribution in [0.15, 0.2) is 24.3 Å². The molecule has 2 unspecified atom stereocenters. The zero-order valence-corrected chi connectivity index (χ0v) is 15.6. The molecular weight excluding hydrogens is 340 g/mol. The molecule has 2 saturated heterocycles. The number of hydrogen-bond donors (Lipinski definition) is 0. The van der Waals surface area contributed by atoms with Crippen molar-refractivity contribution in [3.63, 3.8) is 0 Å². The quantitative estimate of drug-likeness (QED) is 0.833. The van der Waals surface area contributed by atoms with Crippen molar-refractivity contribution in [2.24, 2.45) is 5.92 Å². The van der Waals surface area contributed by atoms with Gasteiger partial charge in [0.05, 0.1) is 0 Å². The Kier molecular flexibility index (Phi) is 4.74. The molecule has 0 N–H and O–H groups in total. The Morgan fingerprint density at radius 1 is 1.17 bits per heavy atom. The first kappa shape index (κ1) is 16.3. The van der Waals surface area contributed by atoms with E-state index in [1.807, 2.05) is 12.1 Å². The Bertz CT molecular complexity index is 687. The minimum Gasteiger partial charge on any atom is -0.346 e. The lowest BCUT2D eigenvalue weighted by Crippen LogP contribution is -2.52. The molecule has 128 valence electrons. The summed E-state index contributed by atoms with van der Waals surface area (Å²) in [5, 5.41) is 11.8. The van der Waals surface area contributed by atoms with Gasteiger partial charge in [-0.2, -0.15) is 0 Å². The summed E-state index contributed by atoms with van der Waals surface area (Å²) in [6.07, 6.45) is 4.75. The second-order valence-corrected chi connectivity index (χ2v) is 8.44. The molecule has 2 fully saturated rings. The first-order valence-corrected chi connectivity index (χ1v) is 9.90. The Hall–Kier alpha value is -1.17. The molecule has 0 aliphatic carbocycles. The van der Waals surface area contributed by atoms with Gasteiger partial charge in [-0.1, -0.05) is 35.1 Å². The number of hydrogen-bond acceptors (Lipinski definition) is 5. The number of benzene rings is 1. The predicted octanol–water partition coefficient (Wildman–Crippen LogP) is 3.70. The lowest BCUT2D eigenvalue weighted by Gasteiger charge is -2.45. The van der Waals surface area contributed by atoms with Gasteiger partial charge < -0.3 is 9.80 Å². The van der Waals surface area contributed by atoms with Crippen LogP contribution in [0, 0.1) is 5.92 Å². The highest BCUT2D eigenvalue weighted by molar-refractivity contribution is 7.15. The molecule has 0 spiro atoms. The summed E-state index contributed by atoms with van der Waals surface area (Å²) in [6, 6.07) is 8.75. The lowest BCUT2D eigenvalue weighted by molar-refractivity contribution is 0.102. The van der Waals surface area contributed by atoms with Crippen LogP contribution in [0.1, 0.15) is 29.8 Å². The molecule has 0 radical (unpaired) electrons. The van der Waals surface area contributed by atoms with Crippen molar-refractivity contribution in [3.05, 3.63) is 39.9 Å². The molecule has 2 atom stereocenters. The standard InChI is InChI=1S/C18H23ClN4S/c1-22-9-2-3-14-12-23(10-8-16(14)22)18-21-20-17(24-18)11-13-4-6-15(19)7-5-13/h4-7,14,16H,2-3,8-12H2,1H3. The van der Waals surface area contributed by atoms with E-state index in [1.54, 1.807) is 11.3 Å². The largest absolute Gasteiger partial charge is 0.346 e. The van der Waals surface area contributed by atoms with Crippen molar-refractivity contribution >= 4 is 28.1 Å². The van der Waals surface area contributed by atoms with Crippen molar-refractivity contribution in [3.8, 4) is 0 Å². The SMILES string of the molecule is CN1CCCC2CN(c3nnc(Cc4ccc(Cl)cc4)s3)CCC21. The minimum absolute atomic E-state index is 0.761. The zero-order valence-electron chi connectivity index (χ0n) is 14.0. The Balaban J connectivity index is 1.42. The molecule has 4 rings (SSSR count). The van der Waals surface area contributed by atoms with Crippen molar-refractivity contribution in [1.29, 1.82) is 0 Å². The van der Waals surface area contributed by atoms with Crippen LogP contribution < -0.4 is 4.90 Å². The highest BCUT2D eigenvalue weighted by atomic mass is 35.5. The zero-order chi connectivity index (χ0) is 16.5. The number of aromatic nitrogens is 2. The number of rotatable bonds is 3. The normalized spacial score (nSPS) is 24.8. The second-order valence-electron chi connectivity index (χ2n) is 6.97. The monoisotopic (exact) mass is 362 g/mol. The Morgan fingerprint density at radius 3 is 2.83 bits per heavy atom. The van der Waals surface area contributed by atoms with E-state index in [0.717, 1.165) is 46.6 Å². The summed E-state index contributed by atoms with van der Waals surface area (Å²) in [5.41, 5.74) is 1.23. The fourth-order valence-electron chi connectivity index (χ4n) is 4.05. The first-order chi connectivity index (χ1) is 11.7. The van der Waals surface area contributed by atoms with Crippen LogP contribution in [0.25, 0.3) is 0 Å². The van der Waals surface area contributed by atoms with Gasteiger partial charge in [0.2, 0.25) is 5.13 Å². The topological polar surface area (TPSA) is 32.3 Å². The average Bonchev–Trinajstić information content (AvgIpc) is 3.05. The molecule has 2 aliphatic heterocycles. The van der Waals surface area contributed by atoms with E-state index >= 15 is 0 Å². The number of fused-ring (bicyclic) bond motifs is 1. The van der Waals surface area contributed by atoms with Crippen LogP contribution in [0.2, 0.25) is 5.02 Å². The minimum atomic E-state index is 0.761. The fourth-order valence-corrected chi connectivity index (χ4v) is 5.08. The van der Waals surface area contributed by atoms with Crippen LogP contribution in [0.3, 0.4) is 0 Å². The molecule has 24 heavy (non-hydrogen) atoms. The van der Waals surface area contributed by atoms with Gasteiger partial charge in [0.1, 0.15) is 5.01 Å². The number of anilines is 1. The van der Waals surface area contributed by atoms with Crippen molar-refractivity contribution in [1.82, 2.24) is 15.1 Å². The van der Waals surface area contributed by atoms with E-state index in [-0.39, 0.29) is 0 Å². The fraction of sp³-hybridized carbons (Fsp3) is 0.556. The summed E-state index contributed by atoms with van der Waals surface area (Å²) >= 11 is 7.69. The van der Waals surface area contributed by atoms with E-state index in [2.05, 4.69) is 39.2 Å². The molecule has 0 bridgehead atoms. The third-order valence-electron chi connectivity index (χ3n) is 5.34. The van der Waals surface area contributed by atoms with E-state index in [0.29, 0.717) is 0 Å². The van der Waals surface area contributed by atoms with Gasteiger partial charge in [0.25, 0.3) is 0 Å². The Morgan fingerprint density at radius 2 is 2.00 bits per heavy atom. The maximum Gasteiger partial charge on any atom is 0.208 e. The summed E-state index contributed by atoms with van der Waals surface area (Å²) in [4.78, 5) is 5.00. The first-order valence-electron chi connectivity index (χ1n) is 8.71. The van der Waals surface area contributed by atoms with Gasteiger partial charge in [-0.15, -0.1) is 10.2 Å². The highest BCUT2D eigenvalue weighted by Crippen LogP contribution is 2.33. The molecule has 4 nitrogen and oxygen atoms in total. The molecule has 0 saturated carbocycles. The van der Waals surface area contributed by atoms with Crippen LogP contribution in [-0.2, 0) is 6.42 Å². The third-order valence-corrected chi connectivity index (χ3v) is 6.58. The van der Waals surface area contributed by atoms with Crippen LogP contribution in [0.4, 0.5) is 5.13 Å². The van der Waals surface area contributed by atoms with E-state index in [4.69, 9.17) is 11.6 Å². The van der Waals surface area contributed by atoms with E-state index in [1.165, 1.54) is 31.4 Å². The number of piperidine rings is 2.